The molecule has 0 amide bonds. The van der Waals surface area contributed by atoms with E-state index in [1.165, 1.54) is 5.57 Å². The zero-order valence-corrected chi connectivity index (χ0v) is 8.31. The highest BCUT2D eigenvalue weighted by Gasteiger charge is 2.23. The van der Waals surface area contributed by atoms with Crippen molar-refractivity contribution in [1.29, 1.82) is 0 Å². The smallest absolute Gasteiger partial charge is 0.106 e. The van der Waals surface area contributed by atoms with E-state index in [1.54, 1.807) is 0 Å². The van der Waals surface area contributed by atoms with Gasteiger partial charge in [-0.3, -0.25) is 0 Å². The maximum Gasteiger partial charge on any atom is 0.106 e. The van der Waals surface area contributed by atoms with Crippen LogP contribution in [0.4, 0.5) is 4.39 Å². The fourth-order valence-corrected chi connectivity index (χ4v) is 1.77. The molecule has 0 heterocycles. The summed E-state index contributed by atoms with van der Waals surface area (Å²) in [5, 5.41) is 0. The molecule has 0 bridgehead atoms. The van der Waals surface area contributed by atoms with E-state index in [4.69, 9.17) is 0 Å². The standard InChI is InChI=1S/C11H19F/c1-8(2)6-10-5-4-9(3)11(12)7-10/h6,8-9,11H,4-5,7H2,1-3H3. The summed E-state index contributed by atoms with van der Waals surface area (Å²) >= 11 is 0. The van der Waals surface area contributed by atoms with Crippen molar-refractivity contribution in [3.05, 3.63) is 11.6 Å². The lowest BCUT2D eigenvalue weighted by atomic mass is 9.84. The van der Waals surface area contributed by atoms with Gasteiger partial charge in [-0.1, -0.05) is 32.4 Å². The monoisotopic (exact) mass is 170 g/mol. The minimum absolute atomic E-state index is 0.273. The molecule has 0 aromatic rings. The van der Waals surface area contributed by atoms with Crippen molar-refractivity contribution < 1.29 is 4.39 Å². The quantitative estimate of drug-likeness (QED) is 0.526. The molecule has 2 atom stereocenters. The van der Waals surface area contributed by atoms with Crippen molar-refractivity contribution in [3.8, 4) is 0 Å². The number of halogens is 1. The van der Waals surface area contributed by atoms with E-state index in [2.05, 4.69) is 19.9 Å². The molecule has 0 radical (unpaired) electrons. The van der Waals surface area contributed by atoms with Gasteiger partial charge in [0.1, 0.15) is 6.17 Å². The Morgan fingerprint density at radius 2 is 2.17 bits per heavy atom. The highest BCUT2D eigenvalue weighted by Crippen LogP contribution is 2.30. The third kappa shape index (κ3) is 2.62. The molecule has 12 heavy (non-hydrogen) atoms. The van der Waals surface area contributed by atoms with Crippen molar-refractivity contribution in [3.63, 3.8) is 0 Å². The van der Waals surface area contributed by atoms with Crippen LogP contribution in [0, 0.1) is 11.8 Å². The van der Waals surface area contributed by atoms with E-state index in [0.717, 1.165) is 12.8 Å². The van der Waals surface area contributed by atoms with Gasteiger partial charge in [-0.25, -0.2) is 4.39 Å². The van der Waals surface area contributed by atoms with Gasteiger partial charge in [-0.15, -0.1) is 0 Å². The second-order valence-corrected chi connectivity index (χ2v) is 4.31. The molecule has 0 spiro atoms. The maximum absolute atomic E-state index is 13.2. The third-order valence-corrected chi connectivity index (χ3v) is 2.56. The van der Waals surface area contributed by atoms with Crippen LogP contribution in [-0.2, 0) is 0 Å². The summed E-state index contributed by atoms with van der Waals surface area (Å²) in [7, 11) is 0. The Morgan fingerprint density at radius 3 is 2.67 bits per heavy atom. The van der Waals surface area contributed by atoms with Crippen LogP contribution in [0.1, 0.15) is 40.0 Å². The Kier molecular flexibility index (Phi) is 3.30. The van der Waals surface area contributed by atoms with Crippen LogP contribution in [0.3, 0.4) is 0 Å². The summed E-state index contributed by atoms with van der Waals surface area (Å²) in [6.07, 6.45) is 4.45. The first-order chi connectivity index (χ1) is 5.59. The molecule has 0 N–H and O–H groups in total. The average molecular weight is 170 g/mol. The van der Waals surface area contributed by atoms with Crippen molar-refractivity contribution in [2.45, 2.75) is 46.2 Å². The molecular weight excluding hydrogens is 151 g/mol. The van der Waals surface area contributed by atoms with Gasteiger partial charge in [0.25, 0.3) is 0 Å². The van der Waals surface area contributed by atoms with Gasteiger partial charge in [-0.2, -0.15) is 0 Å². The summed E-state index contributed by atoms with van der Waals surface area (Å²) < 4.78 is 13.2. The molecule has 0 nitrogen and oxygen atoms in total. The summed E-state index contributed by atoms with van der Waals surface area (Å²) in [6, 6.07) is 0. The minimum Gasteiger partial charge on any atom is -0.247 e. The van der Waals surface area contributed by atoms with Gasteiger partial charge in [-0.05, 0) is 31.1 Å². The number of allylic oxidation sites excluding steroid dienone is 2. The lowest BCUT2D eigenvalue weighted by molar-refractivity contribution is 0.207. The van der Waals surface area contributed by atoms with Crippen LogP contribution in [0.15, 0.2) is 11.6 Å². The normalized spacial score (nSPS) is 34.6. The van der Waals surface area contributed by atoms with Crippen molar-refractivity contribution in [2.75, 3.05) is 0 Å². The van der Waals surface area contributed by atoms with E-state index < -0.39 is 6.17 Å². The second kappa shape index (κ2) is 4.06. The van der Waals surface area contributed by atoms with Crippen LogP contribution in [0.25, 0.3) is 0 Å². The minimum atomic E-state index is -0.594. The van der Waals surface area contributed by atoms with E-state index in [-0.39, 0.29) is 5.92 Å². The Hall–Kier alpha value is -0.330. The first-order valence-electron chi connectivity index (χ1n) is 4.93. The largest absolute Gasteiger partial charge is 0.247 e. The number of hydrogen-bond acceptors (Lipinski definition) is 0. The predicted octanol–water partition coefficient (Wildman–Crippen LogP) is 3.73. The molecule has 1 rings (SSSR count). The van der Waals surface area contributed by atoms with Gasteiger partial charge in [0, 0.05) is 0 Å². The van der Waals surface area contributed by atoms with E-state index in [0.29, 0.717) is 12.3 Å². The lowest BCUT2D eigenvalue weighted by Crippen LogP contribution is -2.19. The molecule has 1 aliphatic rings. The summed E-state index contributed by atoms with van der Waals surface area (Å²) in [5.41, 5.74) is 1.33. The fraction of sp³-hybridized carbons (Fsp3) is 0.818. The van der Waals surface area contributed by atoms with Crippen LogP contribution < -0.4 is 0 Å². The zero-order chi connectivity index (χ0) is 9.14. The zero-order valence-electron chi connectivity index (χ0n) is 8.31. The number of rotatable bonds is 1. The summed E-state index contributed by atoms with van der Waals surface area (Å²) in [4.78, 5) is 0. The summed E-state index contributed by atoms with van der Waals surface area (Å²) in [6.45, 7) is 6.31. The number of hydrogen-bond donors (Lipinski definition) is 0. The van der Waals surface area contributed by atoms with E-state index in [1.807, 2.05) is 6.92 Å². The lowest BCUT2D eigenvalue weighted by Gasteiger charge is -2.25. The van der Waals surface area contributed by atoms with Crippen LogP contribution in [0.2, 0.25) is 0 Å². The molecule has 0 aromatic heterocycles. The molecule has 0 aliphatic heterocycles. The summed E-state index contributed by atoms with van der Waals surface area (Å²) in [5.74, 6) is 0.843. The Morgan fingerprint density at radius 1 is 1.50 bits per heavy atom. The molecule has 2 unspecified atom stereocenters. The van der Waals surface area contributed by atoms with Crippen LogP contribution in [-0.4, -0.2) is 6.17 Å². The molecule has 1 saturated carbocycles. The van der Waals surface area contributed by atoms with E-state index in [9.17, 15) is 4.39 Å². The van der Waals surface area contributed by atoms with Crippen molar-refractivity contribution >= 4 is 0 Å². The molecule has 70 valence electrons. The topological polar surface area (TPSA) is 0 Å². The molecule has 0 saturated heterocycles. The highest BCUT2D eigenvalue weighted by molar-refractivity contribution is 5.08. The van der Waals surface area contributed by atoms with Crippen LogP contribution in [0.5, 0.6) is 0 Å². The molecular formula is C11H19F. The molecule has 0 aromatic carbocycles. The second-order valence-electron chi connectivity index (χ2n) is 4.31. The molecule has 1 fully saturated rings. The fourth-order valence-electron chi connectivity index (χ4n) is 1.77. The predicted molar refractivity (Wildman–Crippen MR) is 50.8 cm³/mol. The van der Waals surface area contributed by atoms with E-state index >= 15 is 0 Å². The highest BCUT2D eigenvalue weighted by atomic mass is 19.1. The Labute approximate surface area is 74.9 Å². The van der Waals surface area contributed by atoms with Crippen molar-refractivity contribution in [2.24, 2.45) is 11.8 Å². The SMILES string of the molecule is CC(C)C=C1CCC(C)C(F)C1. The van der Waals surface area contributed by atoms with Gasteiger partial charge >= 0.3 is 0 Å². The van der Waals surface area contributed by atoms with Crippen LogP contribution >= 0.6 is 0 Å². The van der Waals surface area contributed by atoms with Gasteiger partial charge in [0.05, 0.1) is 0 Å². The van der Waals surface area contributed by atoms with Gasteiger partial charge < -0.3 is 0 Å². The first-order valence-corrected chi connectivity index (χ1v) is 4.93. The number of alkyl halides is 1. The Balaban J connectivity index is 2.50. The molecule has 1 heteroatoms. The third-order valence-electron chi connectivity index (χ3n) is 2.56. The van der Waals surface area contributed by atoms with Crippen molar-refractivity contribution in [1.82, 2.24) is 0 Å². The van der Waals surface area contributed by atoms with Gasteiger partial charge in [0.15, 0.2) is 0 Å². The maximum atomic E-state index is 13.2. The molecule has 1 aliphatic carbocycles. The van der Waals surface area contributed by atoms with Gasteiger partial charge in [0.2, 0.25) is 0 Å². The Bertz CT molecular complexity index is 170. The average Bonchev–Trinajstić information content (AvgIpc) is 1.96. The first kappa shape index (κ1) is 9.76.